The molecule has 9 heteroatoms. The summed E-state index contributed by atoms with van der Waals surface area (Å²) >= 11 is 0. The van der Waals surface area contributed by atoms with Crippen LogP contribution in [-0.2, 0) is 6.54 Å². The second-order valence-electron chi connectivity index (χ2n) is 9.27. The Morgan fingerprint density at radius 1 is 1.15 bits per heavy atom. The zero-order valence-electron chi connectivity index (χ0n) is 19.0. The van der Waals surface area contributed by atoms with Crippen molar-refractivity contribution in [2.75, 3.05) is 22.2 Å². The Labute approximate surface area is 193 Å². The minimum atomic E-state index is -0.544. The van der Waals surface area contributed by atoms with Gasteiger partial charge in [-0.2, -0.15) is 4.98 Å². The van der Waals surface area contributed by atoms with Gasteiger partial charge in [0, 0.05) is 29.9 Å². The first-order valence-electron chi connectivity index (χ1n) is 11.9. The molecule has 0 radical (unpaired) electrons. The lowest BCUT2D eigenvalue weighted by molar-refractivity contribution is 0.247. The number of hydrogen-bond donors (Lipinski definition) is 2. The highest BCUT2D eigenvalue weighted by Crippen LogP contribution is 2.38. The third kappa shape index (κ3) is 4.21. The lowest BCUT2D eigenvalue weighted by Crippen LogP contribution is -2.52. The molecule has 0 spiro atoms. The van der Waals surface area contributed by atoms with Crippen LogP contribution in [0.3, 0.4) is 0 Å². The number of halogens is 1. The molecule has 3 N–H and O–H groups in total. The number of aromatic nitrogens is 2. The first-order chi connectivity index (χ1) is 16.0. The van der Waals surface area contributed by atoms with Gasteiger partial charge in [0.25, 0.3) is 0 Å². The SMILES string of the molecule is COc1cccc(N2Cc3cnc(NC4CCC(N)CC4)nc3N(C3CCCC3)C2=O)c1F. The highest BCUT2D eigenvalue weighted by Gasteiger charge is 2.39. The maximum atomic E-state index is 15.1. The van der Waals surface area contributed by atoms with E-state index in [0.29, 0.717) is 11.8 Å². The van der Waals surface area contributed by atoms with E-state index in [9.17, 15) is 4.79 Å². The van der Waals surface area contributed by atoms with Crippen LogP contribution in [0, 0.1) is 5.82 Å². The monoisotopic (exact) mass is 454 g/mol. The average molecular weight is 455 g/mol. The van der Waals surface area contributed by atoms with Crippen molar-refractivity contribution in [2.45, 2.75) is 76.0 Å². The number of carbonyl (C=O) groups excluding carboxylic acids is 1. The number of methoxy groups -OCH3 is 1. The Balaban J connectivity index is 1.48. The van der Waals surface area contributed by atoms with Gasteiger partial charge < -0.3 is 15.8 Å². The molecule has 2 saturated carbocycles. The number of urea groups is 1. The lowest BCUT2D eigenvalue weighted by Gasteiger charge is -2.39. The molecule has 2 aliphatic carbocycles. The summed E-state index contributed by atoms with van der Waals surface area (Å²) in [5, 5.41) is 3.44. The van der Waals surface area contributed by atoms with Crippen molar-refractivity contribution in [3.8, 4) is 5.75 Å². The van der Waals surface area contributed by atoms with E-state index in [1.807, 2.05) is 0 Å². The number of anilines is 3. The smallest absolute Gasteiger partial charge is 0.330 e. The molecule has 1 aromatic heterocycles. The maximum Gasteiger partial charge on any atom is 0.330 e. The number of ether oxygens (including phenoxy) is 1. The number of rotatable bonds is 5. The zero-order valence-corrected chi connectivity index (χ0v) is 19.0. The Kier molecular flexibility index (Phi) is 6.05. The first kappa shape index (κ1) is 21.9. The van der Waals surface area contributed by atoms with Crippen LogP contribution in [-0.4, -0.2) is 41.2 Å². The van der Waals surface area contributed by atoms with Crippen molar-refractivity contribution in [3.63, 3.8) is 0 Å². The van der Waals surface area contributed by atoms with Gasteiger partial charge in [0.2, 0.25) is 5.95 Å². The second kappa shape index (κ2) is 9.13. The molecule has 0 atom stereocenters. The number of amides is 2. The van der Waals surface area contributed by atoms with Gasteiger partial charge in [-0.25, -0.2) is 14.2 Å². The van der Waals surface area contributed by atoms with Crippen molar-refractivity contribution in [2.24, 2.45) is 5.73 Å². The van der Waals surface area contributed by atoms with Gasteiger partial charge >= 0.3 is 6.03 Å². The van der Waals surface area contributed by atoms with E-state index in [1.165, 1.54) is 12.0 Å². The number of hydrogen-bond acceptors (Lipinski definition) is 6. The van der Waals surface area contributed by atoms with Gasteiger partial charge in [0.05, 0.1) is 19.3 Å². The molecule has 3 aliphatic rings. The first-order valence-corrected chi connectivity index (χ1v) is 11.9. The second-order valence-corrected chi connectivity index (χ2v) is 9.27. The zero-order chi connectivity index (χ0) is 22.9. The quantitative estimate of drug-likeness (QED) is 0.703. The molecule has 2 aromatic rings. The molecule has 176 valence electrons. The Hall–Kier alpha value is -2.94. The summed E-state index contributed by atoms with van der Waals surface area (Å²) in [4.78, 5) is 26.3. The normalized spacial score (nSPS) is 23.5. The van der Waals surface area contributed by atoms with Gasteiger partial charge in [-0.05, 0) is 50.7 Å². The summed E-state index contributed by atoms with van der Waals surface area (Å²) in [7, 11) is 1.42. The molecule has 1 aromatic carbocycles. The van der Waals surface area contributed by atoms with Gasteiger partial charge in [0.1, 0.15) is 5.82 Å². The van der Waals surface area contributed by atoms with Crippen LogP contribution in [0.5, 0.6) is 5.75 Å². The van der Waals surface area contributed by atoms with E-state index in [0.717, 1.165) is 56.9 Å². The largest absolute Gasteiger partial charge is 0.494 e. The minimum Gasteiger partial charge on any atom is -0.494 e. The van der Waals surface area contributed by atoms with Gasteiger partial charge in [0.15, 0.2) is 11.6 Å². The number of carbonyl (C=O) groups is 1. The molecule has 2 fully saturated rings. The van der Waals surface area contributed by atoms with Crippen molar-refractivity contribution in [1.82, 2.24) is 9.97 Å². The molecular formula is C24H31FN6O2. The van der Waals surface area contributed by atoms with E-state index in [-0.39, 0.29) is 42.1 Å². The molecular weight excluding hydrogens is 423 g/mol. The number of nitrogens with two attached hydrogens (primary N) is 1. The third-order valence-electron chi connectivity index (χ3n) is 7.08. The van der Waals surface area contributed by atoms with Crippen LogP contribution < -0.4 is 25.6 Å². The fraction of sp³-hybridized carbons (Fsp3) is 0.542. The molecule has 2 amide bonds. The molecule has 0 bridgehead atoms. The van der Waals surface area contributed by atoms with E-state index >= 15 is 4.39 Å². The Morgan fingerprint density at radius 3 is 2.64 bits per heavy atom. The minimum absolute atomic E-state index is 0.0446. The van der Waals surface area contributed by atoms with Gasteiger partial charge in [-0.15, -0.1) is 0 Å². The fourth-order valence-electron chi connectivity index (χ4n) is 5.24. The van der Waals surface area contributed by atoms with Gasteiger partial charge in [-0.3, -0.25) is 9.80 Å². The lowest BCUT2D eigenvalue weighted by atomic mass is 9.92. The summed E-state index contributed by atoms with van der Waals surface area (Å²) in [5.74, 6) is 0.738. The topological polar surface area (TPSA) is 96.6 Å². The van der Waals surface area contributed by atoms with E-state index in [1.54, 1.807) is 29.3 Å². The van der Waals surface area contributed by atoms with Crippen molar-refractivity contribution >= 4 is 23.5 Å². The van der Waals surface area contributed by atoms with Crippen LogP contribution >= 0.6 is 0 Å². The number of benzene rings is 1. The van der Waals surface area contributed by atoms with Crippen LogP contribution in [0.1, 0.15) is 56.9 Å². The van der Waals surface area contributed by atoms with Gasteiger partial charge in [-0.1, -0.05) is 18.9 Å². The maximum absolute atomic E-state index is 15.1. The third-order valence-corrected chi connectivity index (χ3v) is 7.08. The molecule has 0 unspecified atom stereocenters. The molecule has 1 aliphatic heterocycles. The number of nitrogens with one attached hydrogen (secondary N) is 1. The van der Waals surface area contributed by atoms with Crippen molar-refractivity contribution in [3.05, 3.63) is 35.8 Å². The van der Waals surface area contributed by atoms with Crippen LogP contribution in [0.25, 0.3) is 0 Å². The van der Waals surface area contributed by atoms with Crippen LogP contribution in [0.2, 0.25) is 0 Å². The van der Waals surface area contributed by atoms with E-state index < -0.39 is 5.82 Å². The summed E-state index contributed by atoms with van der Waals surface area (Å²) in [6, 6.07) is 5.20. The fourth-order valence-corrected chi connectivity index (χ4v) is 5.24. The standard InChI is InChI=1S/C24H31FN6O2/c1-33-20-8-4-7-19(21(20)25)30-14-15-13-27-23(28-17-11-9-16(26)10-12-17)29-22(15)31(24(30)32)18-5-2-3-6-18/h4,7-8,13,16-18H,2-3,5-6,9-12,14,26H2,1H3,(H,27,28,29). The van der Waals surface area contributed by atoms with E-state index in [4.69, 9.17) is 15.5 Å². The number of fused-ring (bicyclic) bond motifs is 1. The summed E-state index contributed by atoms with van der Waals surface area (Å²) < 4.78 is 20.2. The summed E-state index contributed by atoms with van der Waals surface area (Å²) in [5.41, 5.74) is 7.04. The number of nitrogens with zero attached hydrogens (tertiary/aromatic N) is 4. The Morgan fingerprint density at radius 2 is 1.91 bits per heavy atom. The average Bonchev–Trinajstić information content (AvgIpc) is 3.35. The predicted molar refractivity (Wildman–Crippen MR) is 125 cm³/mol. The molecule has 2 heterocycles. The summed E-state index contributed by atoms with van der Waals surface area (Å²) in [6.45, 7) is 0.208. The Bertz CT molecular complexity index is 1020. The predicted octanol–water partition coefficient (Wildman–Crippen LogP) is 4.20. The molecule has 5 rings (SSSR count). The molecule has 33 heavy (non-hydrogen) atoms. The van der Waals surface area contributed by atoms with Crippen molar-refractivity contribution < 1.29 is 13.9 Å². The molecule has 0 saturated heterocycles. The van der Waals surface area contributed by atoms with Crippen LogP contribution in [0.15, 0.2) is 24.4 Å². The highest BCUT2D eigenvalue weighted by atomic mass is 19.1. The molecule has 8 nitrogen and oxygen atoms in total. The highest BCUT2D eigenvalue weighted by molar-refractivity contribution is 6.06. The summed E-state index contributed by atoms with van der Waals surface area (Å²) in [6.07, 6.45) is 9.64. The van der Waals surface area contributed by atoms with E-state index in [2.05, 4.69) is 10.3 Å². The van der Waals surface area contributed by atoms with Crippen molar-refractivity contribution in [1.29, 1.82) is 0 Å². The van der Waals surface area contributed by atoms with Crippen LogP contribution in [0.4, 0.5) is 26.6 Å².